The Morgan fingerprint density at radius 2 is 2.06 bits per heavy atom. The van der Waals surface area contributed by atoms with Crippen LogP contribution in [0.15, 0.2) is 47.3 Å². The maximum absolute atomic E-state index is 12.9. The van der Waals surface area contributed by atoms with Crippen LogP contribution in [0, 0.1) is 5.82 Å². The molecule has 3 nitrogen and oxygen atoms in total. The van der Waals surface area contributed by atoms with Crippen LogP contribution in [0.2, 0.25) is 0 Å². The van der Waals surface area contributed by atoms with Crippen LogP contribution < -0.4 is 0 Å². The van der Waals surface area contributed by atoms with E-state index in [1.807, 2.05) is 0 Å². The van der Waals surface area contributed by atoms with Gasteiger partial charge in [0.05, 0.1) is 17.9 Å². The van der Waals surface area contributed by atoms with Crippen molar-refractivity contribution in [2.24, 2.45) is 0 Å². The molecule has 0 aliphatic carbocycles. The molecule has 1 aromatic heterocycles. The van der Waals surface area contributed by atoms with Gasteiger partial charge in [-0.15, -0.1) is 0 Å². The van der Waals surface area contributed by atoms with Crippen molar-refractivity contribution in [2.75, 3.05) is 6.54 Å². The molecule has 1 aromatic carbocycles. The highest BCUT2D eigenvalue weighted by Gasteiger charge is 2.34. The molecular formula is C14H12FNO2. The molecule has 0 spiro atoms. The number of hydrogen-bond acceptors (Lipinski definition) is 2. The minimum absolute atomic E-state index is 0.0377. The molecule has 0 N–H and O–H groups in total. The third-order valence-electron chi connectivity index (χ3n) is 3.30. The lowest BCUT2D eigenvalue weighted by molar-refractivity contribution is 0.0459. The Bertz CT molecular complexity index is 548. The first kappa shape index (κ1) is 11.0. The van der Waals surface area contributed by atoms with Crippen LogP contribution in [0.5, 0.6) is 0 Å². The van der Waals surface area contributed by atoms with Gasteiger partial charge in [-0.1, -0.05) is 12.1 Å². The van der Waals surface area contributed by atoms with E-state index in [4.69, 9.17) is 4.42 Å². The number of nitrogens with zero attached hydrogens (tertiary/aromatic N) is 1. The standard InChI is InChI=1S/C14H12FNO2/c15-12-3-1-10(2-4-12)13-5-7-16(13)14(17)11-6-8-18-9-11/h1-4,6,8-9,13H,5,7H2. The summed E-state index contributed by atoms with van der Waals surface area (Å²) >= 11 is 0. The molecule has 1 fully saturated rings. The van der Waals surface area contributed by atoms with Crippen LogP contribution in [-0.4, -0.2) is 17.4 Å². The van der Waals surface area contributed by atoms with E-state index in [1.165, 1.54) is 24.7 Å². The molecule has 1 amide bonds. The summed E-state index contributed by atoms with van der Waals surface area (Å²) in [5, 5.41) is 0. The highest BCUT2D eigenvalue weighted by Crippen LogP contribution is 2.34. The van der Waals surface area contributed by atoms with Gasteiger partial charge in [0, 0.05) is 6.54 Å². The van der Waals surface area contributed by atoms with Crippen LogP contribution in [0.3, 0.4) is 0 Å². The van der Waals surface area contributed by atoms with Crippen molar-refractivity contribution in [3.05, 3.63) is 59.8 Å². The molecule has 0 bridgehead atoms. The molecule has 1 atom stereocenters. The molecule has 3 rings (SSSR count). The topological polar surface area (TPSA) is 33.5 Å². The minimum Gasteiger partial charge on any atom is -0.472 e. The zero-order chi connectivity index (χ0) is 12.5. The third-order valence-corrected chi connectivity index (χ3v) is 3.30. The van der Waals surface area contributed by atoms with Crippen molar-refractivity contribution >= 4 is 5.91 Å². The first-order valence-corrected chi connectivity index (χ1v) is 5.84. The van der Waals surface area contributed by atoms with E-state index >= 15 is 0 Å². The van der Waals surface area contributed by atoms with Crippen LogP contribution in [0.4, 0.5) is 4.39 Å². The van der Waals surface area contributed by atoms with Crippen molar-refractivity contribution in [2.45, 2.75) is 12.5 Å². The molecule has 1 aliphatic rings. The number of carbonyl (C=O) groups excluding carboxylic acids is 1. The Kier molecular flexibility index (Phi) is 2.63. The highest BCUT2D eigenvalue weighted by atomic mass is 19.1. The van der Waals surface area contributed by atoms with Gasteiger partial charge >= 0.3 is 0 Å². The monoisotopic (exact) mass is 245 g/mol. The van der Waals surface area contributed by atoms with Crippen LogP contribution in [0.25, 0.3) is 0 Å². The van der Waals surface area contributed by atoms with Gasteiger partial charge in [0.15, 0.2) is 0 Å². The van der Waals surface area contributed by atoms with E-state index < -0.39 is 0 Å². The van der Waals surface area contributed by atoms with E-state index in [9.17, 15) is 9.18 Å². The largest absolute Gasteiger partial charge is 0.472 e. The number of halogens is 1. The van der Waals surface area contributed by atoms with Gasteiger partial charge in [0.1, 0.15) is 12.1 Å². The number of benzene rings is 1. The fourth-order valence-corrected chi connectivity index (χ4v) is 2.21. The second-order valence-corrected chi connectivity index (χ2v) is 4.37. The van der Waals surface area contributed by atoms with E-state index in [-0.39, 0.29) is 17.8 Å². The molecule has 92 valence electrons. The van der Waals surface area contributed by atoms with Gasteiger partial charge < -0.3 is 9.32 Å². The summed E-state index contributed by atoms with van der Waals surface area (Å²) in [6, 6.07) is 8.02. The van der Waals surface area contributed by atoms with Crippen molar-refractivity contribution < 1.29 is 13.6 Å². The van der Waals surface area contributed by atoms with E-state index in [0.29, 0.717) is 5.56 Å². The fourth-order valence-electron chi connectivity index (χ4n) is 2.21. The highest BCUT2D eigenvalue weighted by molar-refractivity contribution is 5.94. The van der Waals surface area contributed by atoms with Crippen molar-refractivity contribution in [3.63, 3.8) is 0 Å². The van der Waals surface area contributed by atoms with Gasteiger partial charge in [0.25, 0.3) is 5.91 Å². The summed E-state index contributed by atoms with van der Waals surface area (Å²) in [4.78, 5) is 13.9. The smallest absolute Gasteiger partial charge is 0.257 e. The second kappa shape index (κ2) is 4.29. The van der Waals surface area contributed by atoms with Crippen LogP contribution >= 0.6 is 0 Å². The van der Waals surface area contributed by atoms with Gasteiger partial charge in [-0.25, -0.2) is 4.39 Å². The average molecular weight is 245 g/mol. The number of carbonyl (C=O) groups is 1. The Hall–Kier alpha value is -2.10. The fraction of sp³-hybridized carbons (Fsp3) is 0.214. The quantitative estimate of drug-likeness (QED) is 0.814. The summed E-state index contributed by atoms with van der Waals surface area (Å²) in [5.41, 5.74) is 1.53. The van der Waals surface area contributed by atoms with Gasteiger partial charge in [-0.3, -0.25) is 4.79 Å². The lowest BCUT2D eigenvalue weighted by Crippen LogP contribution is -2.44. The zero-order valence-corrected chi connectivity index (χ0v) is 9.67. The second-order valence-electron chi connectivity index (χ2n) is 4.37. The molecule has 1 unspecified atom stereocenters. The summed E-state index contributed by atoms with van der Waals surface area (Å²) in [6.07, 6.45) is 3.84. The summed E-state index contributed by atoms with van der Waals surface area (Å²) in [6.45, 7) is 0.728. The first-order chi connectivity index (χ1) is 8.75. The number of rotatable bonds is 2. The number of amides is 1. The van der Waals surface area contributed by atoms with Gasteiger partial charge in [-0.2, -0.15) is 0 Å². The molecule has 0 saturated carbocycles. The van der Waals surface area contributed by atoms with E-state index in [0.717, 1.165) is 18.5 Å². The molecule has 0 radical (unpaired) electrons. The Morgan fingerprint density at radius 1 is 1.28 bits per heavy atom. The Balaban J connectivity index is 1.79. The normalized spacial score (nSPS) is 18.5. The molecular weight excluding hydrogens is 233 g/mol. The third kappa shape index (κ3) is 1.79. The summed E-state index contributed by atoms with van der Waals surface area (Å²) in [7, 11) is 0. The molecule has 2 heterocycles. The summed E-state index contributed by atoms with van der Waals surface area (Å²) in [5.74, 6) is -0.296. The van der Waals surface area contributed by atoms with Crippen molar-refractivity contribution in [1.82, 2.24) is 4.90 Å². The first-order valence-electron chi connectivity index (χ1n) is 5.84. The number of furan rings is 1. The maximum Gasteiger partial charge on any atom is 0.257 e. The van der Waals surface area contributed by atoms with Crippen LogP contribution in [-0.2, 0) is 0 Å². The lowest BCUT2D eigenvalue weighted by Gasteiger charge is -2.41. The van der Waals surface area contributed by atoms with Gasteiger partial charge in [0.2, 0.25) is 0 Å². The Morgan fingerprint density at radius 3 is 2.61 bits per heavy atom. The van der Waals surface area contributed by atoms with Crippen LogP contribution in [0.1, 0.15) is 28.4 Å². The molecule has 1 saturated heterocycles. The van der Waals surface area contributed by atoms with E-state index in [1.54, 1.807) is 23.1 Å². The predicted octanol–water partition coefficient (Wildman–Crippen LogP) is 3.01. The number of hydrogen-bond donors (Lipinski definition) is 0. The van der Waals surface area contributed by atoms with Crippen molar-refractivity contribution in [1.29, 1.82) is 0 Å². The Labute approximate surface area is 104 Å². The molecule has 2 aromatic rings. The summed E-state index contributed by atoms with van der Waals surface area (Å²) < 4.78 is 17.8. The predicted molar refractivity (Wildman–Crippen MR) is 63.5 cm³/mol. The number of likely N-dealkylation sites (tertiary alicyclic amines) is 1. The SMILES string of the molecule is O=C(c1ccoc1)N1CCC1c1ccc(F)cc1. The van der Waals surface area contributed by atoms with Crippen molar-refractivity contribution in [3.8, 4) is 0 Å². The molecule has 1 aliphatic heterocycles. The minimum atomic E-state index is -0.259. The molecule has 4 heteroatoms. The zero-order valence-electron chi connectivity index (χ0n) is 9.67. The average Bonchev–Trinajstić information content (AvgIpc) is 2.84. The maximum atomic E-state index is 12.9. The molecule has 18 heavy (non-hydrogen) atoms. The van der Waals surface area contributed by atoms with Gasteiger partial charge in [-0.05, 0) is 30.2 Å². The van der Waals surface area contributed by atoms with E-state index in [2.05, 4.69) is 0 Å². The lowest BCUT2D eigenvalue weighted by atomic mass is 9.94.